The molecule has 0 spiro atoms. The lowest BCUT2D eigenvalue weighted by Crippen LogP contribution is -2.41. The van der Waals surface area contributed by atoms with Crippen molar-refractivity contribution in [3.05, 3.63) is 0 Å². The van der Waals surface area contributed by atoms with Gasteiger partial charge in [-0.2, -0.15) is 0 Å². The first-order chi connectivity index (χ1) is 9.05. The van der Waals surface area contributed by atoms with Crippen molar-refractivity contribution in [1.82, 2.24) is 0 Å². The van der Waals surface area contributed by atoms with Gasteiger partial charge in [0.25, 0.3) is 0 Å². The van der Waals surface area contributed by atoms with E-state index in [1.54, 1.807) is 0 Å². The van der Waals surface area contributed by atoms with Gasteiger partial charge in [0.05, 0.1) is 10.5 Å². The first-order valence-corrected chi connectivity index (χ1v) is 9.59. The van der Waals surface area contributed by atoms with Crippen LogP contribution in [-0.2, 0) is 9.84 Å². The van der Waals surface area contributed by atoms with Crippen molar-refractivity contribution in [2.75, 3.05) is 6.54 Å². The van der Waals surface area contributed by atoms with E-state index in [2.05, 4.69) is 6.92 Å². The largest absolute Gasteiger partial charge is 0.330 e. The molecule has 2 aliphatic rings. The summed E-state index contributed by atoms with van der Waals surface area (Å²) < 4.78 is 25.9. The maximum Gasteiger partial charge on any atom is 0.156 e. The summed E-state index contributed by atoms with van der Waals surface area (Å²) in [6, 6.07) is 0. The average Bonchev–Trinajstić information content (AvgIpc) is 2.64. The van der Waals surface area contributed by atoms with Crippen LogP contribution in [0, 0.1) is 11.8 Å². The SMILES string of the molecule is CC1CCCC(S(=O)(=O)C2CCCCCC2CN)C1. The van der Waals surface area contributed by atoms with Gasteiger partial charge in [-0.3, -0.25) is 0 Å². The summed E-state index contributed by atoms with van der Waals surface area (Å²) in [5.41, 5.74) is 5.85. The molecule has 2 fully saturated rings. The molecule has 2 saturated carbocycles. The predicted molar refractivity (Wildman–Crippen MR) is 79.8 cm³/mol. The van der Waals surface area contributed by atoms with E-state index in [9.17, 15) is 8.42 Å². The van der Waals surface area contributed by atoms with Gasteiger partial charge < -0.3 is 5.73 Å². The Hall–Kier alpha value is -0.0900. The van der Waals surface area contributed by atoms with Crippen LogP contribution >= 0.6 is 0 Å². The van der Waals surface area contributed by atoms with Crippen molar-refractivity contribution in [2.45, 2.75) is 75.2 Å². The number of sulfone groups is 1. The van der Waals surface area contributed by atoms with Crippen molar-refractivity contribution in [3.8, 4) is 0 Å². The first kappa shape index (κ1) is 15.3. The molecule has 0 radical (unpaired) electrons. The van der Waals surface area contributed by atoms with E-state index in [1.165, 1.54) is 12.8 Å². The van der Waals surface area contributed by atoms with E-state index >= 15 is 0 Å². The van der Waals surface area contributed by atoms with Crippen molar-refractivity contribution >= 4 is 9.84 Å². The summed E-state index contributed by atoms with van der Waals surface area (Å²) in [6.07, 6.45) is 9.23. The van der Waals surface area contributed by atoms with Crippen molar-refractivity contribution in [1.29, 1.82) is 0 Å². The Morgan fingerprint density at radius 3 is 2.42 bits per heavy atom. The fourth-order valence-electron chi connectivity index (χ4n) is 3.98. The minimum atomic E-state index is -2.98. The maximum absolute atomic E-state index is 13.0. The van der Waals surface area contributed by atoms with E-state index in [1.807, 2.05) is 0 Å². The Kier molecular flexibility index (Phi) is 5.29. The van der Waals surface area contributed by atoms with Crippen LogP contribution in [0.3, 0.4) is 0 Å². The lowest BCUT2D eigenvalue weighted by Gasteiger charge is -2.32. The van der Waals surface area contributed by atoms with E-state index < -0.39 is 9.84 Å². The Bertz CT molecular complexity index is 380. The Labute approximate surface area is 118 Å². The number of nitrogens with two attached hydrogens (primary N) is 1. The Morgan fingerprint density at radius 1 is 1.00 bits per heavy atom. The molecule has 0 heterocycles. The zero-order valence-electron chi connectivity index (χ0n) is 12.2. The summed E-state index contributed by atoms with van der Waals surface area (Å²) in [4.78, 5) is 0. The van der Waals surface area contributed by atoms with Crippen LogP contribution in [0.25, 0.3) is 0 Å². The molecule has 4 heteroatoms. The fraction of sp³-hybridized carbons (Fsp3) is 1.00. The van der Waals surface area contributed by atoms with Crippen LogP contribution in [0.1, 0.15) is 64.7 Å². The number of hydrogen-bond donors (Lipinski definition) is 1. The molecule has 4 atom stereocenters. The van der Waals surface area contributed by atoms with Crippen LogP contribution in [0.2, 0.25) is 0 Å². The van der Waals surface area contributed by atoms with Gasteiger partial charge in [-0.05, 0) is 44.1 Å². The molecule has 0 aromatic rings. The summed E-state index contributed by atoms with van der Waals surface area (Å²) in [5, 5.41) is -0.247. The second kappa shape index (κ2) is 6.57. The molecular formula is C15H29NO2S. The van der Waals surface area contributed by atoms with Crippen molar-refractivity contribution in [2.24, 2.45) is 17.6 Å². The van der Waals surface area contributed by atoms with Gasteiger partial charge in [-0.15, -0.1) is 0 Å². The molecular weight excluding hydrogens is 258 g/mol. The predicted octanol–water partition coefficient (Wildman–Crippen LogP) is 2.89. The second-order valence-electron chi connectivity index (χ2n) is 6.66. The van der Waals surface area contributed by atoms with Crippen LogP contribution in [0.5, 0.6) is 0 Å². The van der Waals surface area contributed by atoms with Gasteiger partial charge in [-0.25, -0.2) is 8.42 Å². The molecule has 112 valence electrons. The van der Waals surface area contributed by atoms with Gasteiger partial charge in [0.1, 0.15) is 0 Å². The van der Waals surface area contributed by atoms with Gasteiger partial charge in [0.2, 0.25) is 0 Å². The first-order valence-electron chi connectivity index (χ1n) is 7.98. The summed E-state index contributed by atoms with van der Waals surface area (Å²) in [7, 11) is -2.98. The van der Waals surface area contributed by atoms with Crippen LogP contribution < -0.4 is 5.73 Å². The fourth-order valence-corrected chi connectivity index (χ4v) is 6.84. The highest BCUT2D eigenvalue weighted by Crippen LogP contribution is 2.36. The number of hydrogen-bond acceptors (Lipinski definition) is 3. The smallest absolute Gasteiger partial charge is 0.156 e. The molecule has 19 heavy (non-hydrogen) atoms. The highest BCUT2D eigenvalue weighted by molar-refractivity contribution is 7.92. The lowest BCUT2D eigenvalue weighted by molar-refractivity contribution is 0.372. The highest BCUT2D eigenvalue weighted by Gasteiger charge is 2.40. The standard InChI is InChI=1S/C15H29NO2S/c1-12-6-5-8-14(10-12)19(17,18)15-9-4-2-3-7-13(15)11-16/h12-15H,2-11,16H2,1H3. The minimum absolute atomic E-state index is 0.0894. The van der Waals surface area contributed by atoms with Crippen molar-refractivity contribution in [3.63, 3.8) is 0 Å². The van der Waals surface area contributed by atoms with E-state index in [0.717, 1.165) is 44.9 Å². The van der Waals surface area contributed by atoms with E-state index in [0.29, 0.717) is 12.5 Å². The van der Waals surface area contributed by atoms with Crippen LogP contribution in [0.15, 0.2) is 0 Å². The molecule has 0 saturated heterocycles. The number of rotatable bonds is 3. The monoisotopic (exact) mass is 287 g/mol. The molecule has 2 rings (SSSR count). The van der Waals surface area contributed by atoms with Crippen LogP contribution in [-0.4, -0.2) is 25.5 Å². The molecule has 3 nitrogen and oxygen atoms in total. The summed E-state index contributed by atoms with van der Waals surface area (Å²) in [5.74, 6) is 0.764. The lowest BCUT2D eigenvalue weighted by atomic mass is 9.90. The molecule has 0 bridgehead atoms. The molecule has 2 N–H and O–H groups in total. The maximum atomic E-state index is 13.0. The highest BCUT2D eigenvalue weighted by atomic mass is 32.2. The quantitative estimate of drug-likeness (QED) is 0.812. The zero-order chi connectivity index (χ0) is 13.9. The third-order valence-corrected chi connectivity index (χ3v) is 7.99. The van der Waals surface area contributed by atoms with Crippen molar-refractivity contribution < 1.29 is 8.42 Å². The van der Waals surface area contributed by atoms with E-state index in [4.69, 9.17) is 5.73 Å². The van der Waals surface area contributed by atoms with E-state index in [-0.39, 0.29) is 16.4 Å². The average molecular weight is 287 g/mol. The minimum Gasteiger partial charge on any atom is -0.330 e. The molecule has 0 aromatic heterocycles. The second-order valence-corrected chi connectivity index (χ2v) is 9.11. The summed E-state index contributed by atoms with van der Waals surface area (Å²) >= 11 is 0. The van der Waals surface area contributed by atoms with Gasteiger partial charge in [0, 0.05) is 0 Å². The third kappa shape index (κ3) is 3.52. The molecule has 4 unspecified atom stereocenters. The van der Waals surface area contributed by atoms with Gasteiger partial charge >= 0.3 is 0 Å². The third-order valence-electron chi connectivity index (χ3n) is 5.17. The molecule has 0 aliphatic heterocycles. The Morgan fingerprint density at radius 2 is 1.74 bits per heavy atom. The molecule has 0 aromatic carbocycles. The van der Waals surface area contributed by atoms with Gasteiger partial charge in [-0.1, -0.05) is 39.0 Å². The normalized spacial score (nSPS) is 37.8. The van der Waals surface area contributed by atoms with Gasteiger partial charge in [0.15, 0.2) is 9.84 Å². The van der Waals surface area contributed by atoms with Crippen LogP contribution in [0.4, 0.5) is 0 Å². The zero-order valence-corrected chi connectivity index (χ0v) is 13.0. The molecule has 2 aliphatic carbocycles. The Balaban J connectivity index is 2.15. The molecule has 0 amide bonds. The topological polar surface area (TPSA) is 60.2 Å². The summed E-state index contributed by atoms with van der Waals surface area (Å²) in [6.45, 7) is 2.72.